The van der Waals surface area contributed by atoms with Crippen molar-refractivity contribution in [2.45, 2.75) is 50.6 Å². The fourth-order valence-electron chi connectivity index (χ4n) is 2.07. The first-order valence-corrected chi connectivity index (χ1v) is 6.31. The minimum absolute atomic E-state index is 0.137. The SMILES string of the molecule is CCC(CO)(CO)NC(=O)C1(C)CCCCN1. The summed E-state index contributed by atoms with van der Waals surface area (Å²) in [5.41, 5.74) is -1.48. The lowest BCUT2D eigenvalue weighted by Gasteiger charge is -2.38. The summed E-state index contributed by atoms with van der Waals surface area (Å²) in [6.07, 6.45) is 3.40. The Balaban J connectivity index is 2.69. The van der Waals surface area contributed by atoms with Crippen molar-refractivity contribution >= 4 is 5.91 Å². The standard InChI is InChI=1S/C12H24N2O3/c1-3-12(8-15,9-16)14-10(17)11(2)6-4-5-7-13-11/h13,15-16H,3-9H2,1-2H3,(H,14,17). The maximum atomic E-state index is 12.2. The van der Waals surface area contributed by atoms with Gasteiger partial charge in [0, 0.05) is 0 Å². The summed E-state index contributed by atoms with van der Waals surface area (Å²) in [7, 11) is 0. The second kappa shape index (κ2) is 5.80. The molecule has 4 N–H and O–H groups in total. The maximum Gasteiger partial charge on any atom is 0.240 e. The van der Waals surface area contributed by atoms with Gasteiger partial charge in [-0.15, -0.1) is 0 Å². The molecule has 1 amide bonds. The number of rotatable bonds is 5. The van der Waals surface area contributed by atoms with E-state index >= 15 is 0 Å². The van der Waals surface area contributed by atoms with E-state index in [9.17, 15) is 15.0 Å². The van der Waals surface area contributed by atoms with Gasteiger partial charge >= 0.3 is 0 Å². The van der Waals surface area contributed by atoms with Crippen LogP contribution in [0.3, 0.4) is 0 Å². The third-order valence-electron chi connectivity index (χ3n) is 3.78. The zero-order valence-electron chi connectivity index (χ0n) is 10.8. The minimum Gasteiger partial charge on any atom is -0.394 e. The van der Waals surface area contributed by atoms with Crippen LogP contribution < -0.4 is 10.6 Å². The average Bonchev–Trinajstić information content (AvgIpc) is 2.37. The Morgan fingerprint density at radius 2 is 2.06 bits per heavy atom. The predicted octanol–water partition coefficient (Wildman–Crippen LogP) is -0.232. The quantitative estimate of drug-likeness (QED) is 0.538. The average molecular weight is 244 g/mol. The van der Waals surface area contributed by atoms with Gasteiger partial charge < -0.3 is 20.8 Å². The van der Waals surface area contributed by atoms with Crippen molar-refractivity contribution in [3.05, 3.63) is 0 Å². The van der Waals surface area contributed by atoms with E-state index < -0.39 is 11.1 Å². The van der Waals surface area contributed by atoms with Gasteiger partial charge in [0.15, 0.2) is 0 Å². The Labute approximate surface area is 103 Å². The number of carbonyl (C=O) groups is 1. The number of aliphatic hydroxyl groups excluding tert-OH is 2. The number of nitrogens with one attached hydrogen (secondary N) is 2. The first kappa shape index (κ1) is 14.4. The molecule has 1 saturated heterocycles. The van der Waals surface area contributed by atoms with E-state index in [1.54, 1.807) is 0 Å². The highest BCUT2D eigenvalue weighted by molar-refractivity contribution is 5.86. The first-order chi connectivity index (χ1) is 8.02. The number of piperidine rings is 1. The molecule has 1 atom stereocenters. The molecule has 5 heteroatoms. The number of hydrogen-bond donors (Lipinski definition) is 4. The number of hydrogen-bond acceptors (Lipinski definition) is 4. The number of carbonyl (C=O) groups excluding carboxylic acids is 1. The summed E-state index contributed by atoms with van der Waals surface area (Å²) in [4.78, 5) is 12.2. The molecule has 0 aliphatic carbocycles. The molecule has 1 fully saturated rings. The molecule has 0 radical (unpaired) electrons. The highest BCUT2D eigenvalue weighted by Crippen LogP contribution is 2.20. The van der Waals surface area contributed by atoms with Crippen LogP contribution in [-0.2, 0) is 4.79 Å². The second-order valence-electron chi connectivity index (χ2n) is 5.12. The highest BCUT2D eigenvalue weighted by Gasteiger charge is 2.38. The van der Waals surface area contributed by atoms with E-state index in [0.29, 0.717) is 6.42 Å². The van der Waals surface area contributed by atoms with Crippen molar-refractivity contribution in [2.24, 2.45) is 0 Å². The number of aliphatic hydroxyl groups is 2. The molecule has 1 unspecified atom stereocenters. The van der Waals surface area contributed by atoms with Crippen molar-refractivity contribution in [3.8, 4) is 0 Å². The van der Waals surface area contributed by atoms with Gasteiger partial charge in [-0.25, -0.2) is 0 Å². The molecule has 0 saturated carbocycles. The Morgan fingerprint density at radius 3 is 2.47 bits per heavy atom. The van der Waals surface area contributed by atoms with Gasteiger partial charge in [-0.05, 0) is 39.2 Å². The third-order valence-corrected chi connectivity index (χ3v) is 3.78. The second-order valence-corrected chi connectivity index (χ2v) is 5.12. The Bertz CT molecular complexity index is 250. The molecule has 5 nitrogen and oxygen atoms in total. The van der Waals surface area contributed by atoms with Gasteiger partial charge in [0.05, 0.1) is 24.3 Å². The molecule has 1 heterocycles. The summed E-state index contributed by atoms with van der Waals surface area (Å²) in [6, 6.07) is 0. The zero-order chi connectivity index (χ0) is 12.9. The van der Waals surface area contributed by atoms with Gasteiger partial charge in [0.25, 0.3) is 0 Å². The molecular weight excluding hydrogens is 220 g/mol. The van der Waals surface area contributed by atoms with Crippen LogP contribution in [0.1, 0.15) is 39.5 Å². The molecule has 17 heavy (non-hydrogen) atoms. The van der Waals surface area contributed by atoms with Crippen LogP contribution in [-0.4, -0.2) is 47.0 Å². The van der Waals surface area contributed by atoms with Crippen LogP contribution in [0.4, 0.5) is 0 Å². The van der Waals surface area contributed by atoms with Crippen molar-refractivity contribution in [3.63, 3.8) is 0 Å². The summed E-state index contributed by atoms with van der Waals surface area (Å²) in [6.45, 7) is 4.05. The van der Waals surface area contributed by atoms with Crippen LogP contribution in [0, 0.1) is 0 Å². The highest BCUT2D eigenvalue weighted by atomic mass is 16.3. The lowest BCUT2D eigenvalue weighted by atomic mass is 9.88. The maximum absolute atomic E-state index is 12.2. The molecule has 0 aromatic rings. The normalized spacial score (nSPS) is 25.6. The van der Waals surface area contributed by atoms with Gasteiger partial charge in [-0.2, -0.15) is 0 Å². The van der Waals surface area contributed by atoms with Crippen molar-refractivity contribution in [1.29, 1.82) is 0 Å². The van der Waals surface area contributed by atoms with Crippen molar-refractivity contribution < 1.29 is 15.0 Å². The topological polar surface area (TPSA) is 81.6 Å². The van der Waals surface area contributed by atoms with E-state index in [1.165, 1.54) is 0 Å². The van der Waals surface area contributed by atoms with E-state index in [1.807, 2.05) is 13.8 Å². The lowest BCUT2D eigenvalue weighted by Crippen LogP contribution is -2.64. The van der Waals surface area contributed by atoms with E-state index in [4.69, 9.17) is 0 Å². The predicted molar refractivity (Wildman–Crippen MR) is 65.6 cm³/mol. The lowest BCUT2D eigenvalue weighted by molar-refractivity contribution is -0.131. The Morgan fingerprint density at radius 1 is 1.41 bits per heavy atom. The molecule has 0 aromatic carbocycles. The van der Waals surface area contributed by atoms with E-state index in [0.717, 1.165) is 25.8 Å². The van der Waals surface area contributed by atoms with Crippen LogP contribution >= 0.6 is 0 Å². The van der Waals surface area contributed by atoms with Gasteiger partial charge in [0.2, 0.25) is 5.91 Å². The first-order valence-electron chi connectivity index (χ1n) is 6.31. The molecule has 0 bridgehead atoms. The van der Waals surface area contributed by atoms with Gasteiger partial charge in [-0.3, -0.25) is 4.79 Å². The molecule has 1 rings (SSSR count). The van der Waals surface area contributed by atoms with Crippen molar-refractivity contribution in [1.82, 2.24) is 10.6 Å². The molecule has 1 aliphatic heterocycles. The fraction of sp³-hybridized carbons (Fsp3) is 0.917. The van der Waals surface area contributed by atoms with E-state index in [2.05, 4.69) is 10.6 Å². The Kier molecular flexibility index (Phi) is 4.91. The van der Waals surface area contributed by atoms with Gasteiger partial charge in [0.1, 0.15) is 0 Å². The monoisotopic (exact) mass is 244 g/mol. The summed E-state index contributed by atoms with van der Waals surface area (Å²) >= 11 is 0. The van der Waals surface area contributed by atoms with E-state index in [-0.39, 0.29) is 19.1 Å². The molecule has 0 aromatic heterocycles. The Hall–Kier alpha value is -0.650. The van der Waals surface area contributed by atoms with Crippen LogP contribution in [0.2, 0.25) is 0 Å². The van der Waals surface area contributed by atoms with Gasteiger partial charge in [-0.1, -0.05) is 6.92 Å². The largest absolute Gasteiger partial charge is 0.394 e. The molecule has 100 valence electrons. The summed E-state index contributed by atoms with van der Waals surface area (Å²) in [5.74, 6) is -0.137. The fourth-order valence-corrected chi connectivity index (χ4v) is 2.07. The summed E-state index contributed by atoms with van der Waals surface area (Å²) in [5, 5.41) is 24.6. The summed E-state index contributed by atoms with van der Waals surface area (Å²) < 4.78 is 0. The smallest absolute Gasteiger partial charge is 0.240 e. The minimum atomic E-state index is -0.904. The zero-order valence-corrected chi connectivity index (χ0v) is 10.8. The molecule has 1 aliphatic rings. The number of amides is 1. The molecular formula is C12H24N2O3. The third kappa shape index (κ3) is 3.18. The van der Waals surface area contributed by atoms with Crippen LogP contribution in [0.25, 0.3) is 0 Å². The molecule has 0 spiro atoms. The van der Waals surface area contributed by atoms with Crippen molar-refractivity contribution in [2.75, 3.05) is 19.8 Å². The van der Waals surface area contributed by atoms with Crippen LogP contribution in [0.15, 0.2) is 0 Å². The van der Waals surface area contributed by atoms with Crippen LogP contribution in [0.5, 0.6) is 0 Å².